The summed E-state index contributed by atoms with van der Waals surface area (Å²) in [5.41, 5.74) is 1.06. The summed E-state index contributed by atoms with van der Waals surface area (Å²) in [5.74, 6) is 1.24. The number of aryl methyl sites for hydroxylation is 2. The summed E-state index contributed by atoms with van der Waals surface area (Å²) in [5, 5.41) is 1.20. The molecule has 1 aromatic carbocycles. The number of benzene rings is 1. The summed E-state index contributed by atoms with van der Waals surface area (Å²) < 4.78 is 2.14. The number of pyridine rings is 1. The fourth-order valence-electron chi connectivity index (χ4n) is 4.31. The van der Waals surface area contributed by atoms with Crippen molar-refractivity contribution in [1.82, 2.24) is 14.5 Å². The number of rotatable bonds is 16. The monoisotopic (exact) mass is 449 g/mol. The van der Waals surface area contributed by atoms with Gasteiger partial charge in [0.25, 0.3) is 0 Å². The highest BCUT2D eigenvalue weighted by Crippen LogP contribution is 2.14. The zero-order valence-corrected chi connectivity index (χ0v) is 21.4. The Hall–Kier alpha value is -2.16. The van der Waals surface area contributed by atoms with E-state index in [9.17, 15) is 0 Å². The van der Waals surface area contributed by atoms with Crippen molar-refractivity contribution in [3.8, 4) is 0 Å². The normalized spacial score (nSPS) is 10.8. The molecule has 0 unspecified atom stereocenters. The van der Waals surface area contributed by atoms with Crippen LogP contribution in [0.3, 0.4) is 0 Å². The minimum absolute atomic E-state index is 1.06. The Balaban J connectivity index is 0.000000315. The van der Waals surface area contributed by atoms with Gasteiger partial charge in [-0.2, -0.15) is 0 Å². The largest absolute Gasteiger partial charge is 0.338 e. The predicted molar refractivity (Wildman–Crippen MR) is 144 cm³/mol. The number of para-hydroxylation sites is 1. The van der Waals surface area contributed by atoms with Gasteiger partial charge in [-0.1, -0.05) is 121 Å². The minimum atomic E-state index is 1.06. The van der Waals surface area contributed by atoms with Crippen LogP contribution >= 0.6 is 0 Å². The molecule has 0 aliphatic carbocycles. The maximum atomic E-state index is 4.38. The molecule has 3 aromatic rings. The highest BCUT2D eigenvalue weighted by molar-refractivity contribution is 5.77. The molecule has 3 rings (SSSR count). The van der Waals surface area contributed by atoms with E-state index in [2.05, 4.69) is 40.6 Å². The zero-order valence-electron chi connectivity index (χ0n) is 21.4. The lowest BCUT2D eigenvalue weighted by Gasteiger charge is -2.04. The quantitative estimate of drug-likeness (QED) is 0.204. The van der Waals surface area contributed by atoms with Crippen molar-refractivity contribution in [3.05, 3.63) is 60.8 Å². The van der Waals surface area contributed by atoms with Gasteiger partial charge in [0.05, 0.1) is 5.52 Å². The molecule has 0 spiro atoms. The summed E-state index contributed by atoms with van der Waals surface area (Å²) >= 11 is 0. The third-order valence-corrected chi connectivity index (χ3v) is 6.44. The second-order valence-corrected chi connectivity index (χ2v) is 9.35. The van der Waals surface area contributed by atoms with Gasteiger partial charge < -0.3 is 4.57 Å². The van der Waals surface area contributed by atoms with Gasteiger partial charge >= 0.3 is 0 Å². The van der Waals surface area contributed by atoms with Crippen molar-refractivity contribution >= 4 is 10.9 Å². The number of hydrogen-bond acceptors (Lipinski definition) is 2. The lowest BCUT2D eigenvalue weighted by Crippen LogP contribution is -1.97. The molecule has 0 saturated carbocycles. The number of aromatic nitrogens is 3. The van der Waals surface area contributed by atoms with Crippen LogP contribution in [0.5, 0.6) is 0 Å². The highest BCUT2D eigenvalue weighted by Gasteiger charge is 1.99. The van der Waals surface area contributed by atoms with Crippen molar-refractivity contribution in [2.24, 2.45) is 7.05 Å². The Morgan fingerprint density at radius 1 is 0.606 bits per heavy atom. The SMILES string of the molecule is CCCCCCCCCCCCCCCCCc1nccn1C.c1ccc2ncccc2c1. The molecule has 0 fully saturated rings. The summed E-state index contributed by atoms with van der Waals surface area (Å²) in [7, 11) is 2.09. The van der Waals surface area contributed by atoms with Gasteiger partial charge in [0.2, 0.25) is 0 Å². The molecule has 0 N–H and O–H groups in total. The van der Waals surface area contributed by atoms with Crippen LogP contribution in [0.15, 0.2) is 55.0 Å². The maximum absolute atomic E-state index is 4.38. The fourth-order valence-corrected chi connectivity index (χ4v) is 4.31. The summed E-state index contributed by atoms with van der Waals surface area (Å²) in [4.78, 5) is 8.56. The van der Waals surface area contributed by atoms with Crippen LogP contribution in [-0.2, 0) is 13.5 Å². The third-order valence-electron chi connectivity index (χ3n) is 6.44. The molecule has 0 aliphatic rings. The van der Waals surface area contributed by atoms with E-state index in [-0.39, 0.29) is 0 Å². The number of unbranched alkanes of at least 4 members (excludes halogenated alkanes) is 14. The first-order valence-corrected chi connectivity index (χ1v) is 13.6. The molecule has 33 heavy (non-hydrogen) atoms. The smallest absolute Gasteiger partial charge is 0.108 e. The van der Waals surface area contributed by atoms with E-state index < -0.39 is 0 Å². The lowest BCUT2D eigenvalue weighted by atomic mass is 10.0. The van der Waals surface area contributed by atoms with E-state index in [1.165, 1.54) is 108 Å². The second-order valence-electron chi connectivity index (χ2n) is 9.35. The lowest BCUT2D eigenvalue weighted by molar-refractivity contribution is 0.531. The van der Waals surface area contributed by atoms with Gasteiger partial charge in [0, 0.05) is 37.4 Å². The fraction of sp³-hybridized carbons (Fsp3) is 0.600. The maximum Gasteiger partial charge on any atom is 0.108 e. The Kier molecular flexibility index (Phi) is 15.0. The standard InChI is InChI=1S/C21H40N2.C9H7N/c1-3-4-5-6-7-8-9-10-11-12-13-14-15-16-17-18-21-22-19-20-23(21)2;1-2-6-9-8(4-1)5-3-7-10-9/h19-20H,3-18H2,1-2H3;1-7H. The molecule has 0 bridgehead atoms. The number of imidazole rings is 1. The van der Waals surface area contributed by atoms with Gasteiger partial charge in [0.1, 0.15) is 5.82 Å². The highest BCUT2D eigenvalue weighted by atomic mass is 15.0. The molecular weight excluding hydrogens is 402 g/mol. The van der Waals surface area contributed by atoms with Crippen molar-refractivity contribution in [1.29, 1.82) is 0 Å². The van der Waals surface area contributed by atoms with Crippen LogP contribution in [0, 0.1) is 0 Å². The van der Waals surface area contributed by atoms with E-state index in [0.717, 1.165) is 11.9 Å². The van der Waals surface area contributed by atoms with E-state index in [0.29, 0.717) is 0 Å². The number of nitrogens with zero attached hydrogens (tertiary/aromatic N) is 3. The summed E-state index contributed by atoms with van der Waals surface area (Å²) in [6.07, 6.45) is 28.3. The van der Waals surface area contributed by atoms with Crippen LogP contribution in [0.25, 0.3) is 10.9 Å². The molecule has 3 nitrogen and oxygen atoms in total. The second kappa shape index (κ2) is 18.3. The van der Waals surface area contributed by atoms with E-state index in [1.807, 2.05) is 42.9 Å². The molecule has 0 aliphatic heterocycles. The van der Waals surface area contributed by atoms with Gasteiger partial charge in [0.15, 0.2) is 0 Å². The zero-order chi connectivity index (χ0) is 23.4. The first-order chi connectivity index (χ1) is 16.3. The third kappa shape index (κ3) is 12.6. The predicted octanol–water partition coefficient (Wildman–Crippen LogP) is 9.07. The van der Waals surface area contributed by atoms with Crippen LogP contribution in [0.4, 0.5) is 0 Å². The van der Waals surface area contributed by atoms with Crippen molar-refractivity contribution in [3.63, 3.8) is 0 Å². The number of fused-ring (bicyclic) bond motifs is 1. The van der Waals surface area contributed by atoms with Crippen molar-refractivity contribution in [2.45, 2.75) is 110 Å². The molecule has 0 radical (unpaired) electrons. The van der Waals surface area contributed by atoms with E-state index in [4.69, 9.17) is 0 Å². The number of hydrogen-bond donors (Lipinski definition) is 0. The summed E-state index contributed by atoms with van der Waals surface area (Å²) in [6, 6.07) is 12.1. The molecule has 3 heteroatoms. The minimum Gasteiger partial charge on any atom is -0.338 e. The Bertz CT molecular complexity index is 774. The molecule has 0 saturated heterocycles. The van der Waals surface area contributed by atoms with Crippen LogP contribution < -0.4 is 0 Å². The molecule has 182 valence electrons. The topological polar surface area (TPSA) is 30.7 Å². The average molecular weight is 450 g/mol. The first kappa shape index (κ1) is 27.1. The Morgan fingerprint density at radius 2 is 1.15 bits per heavy atom. The van der Waals surface area contributed by atoms with Gasteiger partial charge in [-0.15, -0.1) is 0 Å². The molecule has 2 aromatic heterocycles. The van der Waals surface area contributed by atoms with Crippen LogP contribution in [-0.4, -0.2) is 14.5 Å². The van der Waals surface area contributed by atoms with Crippen molar-refractivity contribution < 1.29 is 0 Å². The van der Waals surface area contributed by atoms with E-state index in [1.54, 1.807) is 0 Å². The molecule has 2 heterocycles. The Labute approximate surface area is 203 Å². The van der Waals surface area contributed by atoms with Gasteiger partial charge in [-0.3, -0.25) is 4.98 Å². The Morgan fingerprint density at radius 3 is 1.70 bits per heavy atom. The summed E-state index contributed by atoms with van der Waals surface area (Å²) in [6.45, 7) is 2.29. The molecular formula is C30H47N3. The van der Waals surface area contributed by atoms with Gasteiger partial charge in [-0.25, -0.2) is 4.98 Å². The van der Waals surface area contributed by atoms with Gasteiger partial charge in [-0.05, 0) is 18.6 Å². The average Bonchev–Trinajstić information content (AvgIpc) is 3.26. The molecule has 0 amide bonds. The van der Waals surface area contributed by atoms with E-state index >= 15 is 0 Å². The van der Waals surface area contributed by atoms with Crippen LogP contribution in [0.1, 0.15) is 109 Å². The molecule has 0 atom stereocenters. The van der Waals surface area contributed by atoms with Crippen LogP contribution in [0.2, 0.25) is 0 Å². The first-order valence-electron chi connectivity index (χ1n) is 13.6. The van der Waals surface area contributed by atoms with Crippen molar-refractivity contribution in [2.75, 3.05) is 0 Å².